The number of alkyl halides is 3. The van der Waals surface area contributed by atoms with Crippen LogP contribution in [0.5, 0.6) is 0 Å². The fourth-order valence-electron chi connectivity index (χ4n) is 2.20. The first-order valence-electron chi connectivity index (χ1n) is 8.10. The minimum absolute atomic E-state index is 0.0377. The monoisotopic (exact) mass is 400 g/mol. The summed E-state index contributed by atoms with van der Waals surface area (Å²) in [5.74, 6) is -2.70. The van der Waals surface area contributed by atoms with Gasteiger partial charge in [0, 0.05) is 31.0 Å². The molecule has 152 valence electrons. The molecule has 2 N–H and O–H groups in total. The molecule has 0 radical (unpaired) electrons. The van der Waals surface area contributed by atoms with Crippen molar-refractivity contribution in [2.24, 2.45) is 10.9 Å². The third kappa shape index (κ3) is 6.29. The Morgan fingerprint density at radius 2 is 2.11 bits per heavy atom. The number of carbonyl (C=O) groups is 1. The fourth-order valence-corrected chi connectivity index (χ4v) is 2.20. The van der Waals surface area contributed by atoms with Crippen LogP contribution in [0, 0.1) is 17.3 Å². The number of hydrogen-bond acceptors (Lipinski definition) is 4. The van der Waals surface area contributed by atoms with Crippen molar-refractivity contribution < 1.29 is 27.5 Å². The molecule has 0 aliphatic carbocycles. The van der Waals surface area contributed by atoms with Crippen molar-refractivity contribution in [2.75, 3.05) is 6.54 Å². The molecule has 6 nitrogen and oxygen atoms in total. The van der Waals surface area contributed by atoms with Crippen molar-refractivity contribution in [3.05, 3.63) is 48.7 Å². The molecule has 1 aromatic rings. The highest BCUT2D eigenvalue weighted by molar-refractivity contribution is 6.15. The summed E-state index contributed by atoms with van der Waals surface area (Å²) in [7, 11) is 0. The van der Waals surface area contributed by atoms with E-state index in [1.807, 2.05) is 0 Å². The average Bonchev–Trinajstić information content (AvgIpc) is 2.61. The first kappa shape index (κ1) is 23.0. The van der Waals surface area contributed by atoms with Crippen LogP contribution < -0.4 is 0 Å². The van der Waals surface area contributed by atoms with Crippen molar-refractivity contribution >= 4 is 23.6 Å². The number of aromatic nitrogens is 1. The normalized spacial score (nSPS) is 14.9. The van der Waals surface area contributed by atoms with E-state index in [0.29, 0.717) is 6.08 Å². The minimum Gasteiger partial charge on any atom is -0.478 e. The van der Waals surface area contributed by atoms with E-state index in [4.69, 9.17) is 5.41 Å². The van der Waals surface area contributed by atoms with Gasteiger partial charge in [0.25, 0.3) is 0 Å². The molecule has 0 fully saturated rings. The Morgan fingerprint density at radius 3 is 2.57 bits per heavy atom. The Kier molecular flexibility index (Phi) is 8.02. The first-order chi connectivity index (χ1) is 13.0. The van der Waals surface area contributed by atoms with Crippen LogP contribution in [0.4, 0.5) is 17.6 Å². The second kappa shape index (κ2) is 9.77. The van der Waals surface area contributed by atoms with Crippen molar-refractivity contribution in [1.82, 2.24) is 9.88 Å². The van der Waals surface area contributed by atoms with Crippen molar-refractivity contribution in [1.29, 1.82) is 5.41 Å². The molecule has 1 aromatic heterocycles. The number of nitrogens with zero attached hydrogens (tertiary/aromatic N) is 3. The maximum atomic E-state index is 13.3. The lowest BCUT2D eigenvalue weighted by Gasteiger charge is -2.28. The average molecular weight is 400 g/mol. The molecular weight excluding hydrogens is 380 g/mol. The molecule has 1 unspecified atom stereocenters. The summed E-state index contributed by atoms with van der Waals surface area (Å²) in [6.45, 7) is 6.10. The number of aliphatic carboxylic acids is 1. The second-order valence-corrected chi connectivity index (χ2v) is 5.94. The maximum absolute atomic E-state index is 13.3. The summed E-state index contributed by atoms with van der Waals surface area (Å²) in [5.41, 5.74) is -1.37. The van der Waals surface area contributed by atoms with Crippen LogP contribution in [0.25, 0.3) is 5.57 Å². The zero-order valence-electron chi connectivity index (χ0n) is 15.2. The van der Waals surface area contributed by atoms with Gasteiger partial charge in [-0.15, -0.1) is 0 Å². The standard InChI is InChI=1S/C18H20F4N4O2/c1-4-15(18(20,21)22)25-8-11(2)12(3)26(10-23)9-14(17(27)28)13-5-6-24-16(19)7-13/h4-7,9-12,23H,1,8H2,2-3H3,(H,27,28)/b14-9+,23-10?,25-15+/t11?,12-/m1/s1. The van der Waals surface area contributed by atoms with Gasteiger partial charge in [-0.2, -0.15) is 17.6 Å². The lowest BCUT2D eigenvalue weighted by molar-refractivity contribution is -0.130. The molecule has 28 heavy (non-hydrogen) atoms. The zero-order chi connectivity index (χ0) is 21.5. The molecule has 0 saturated heterocycles. The molecule has 0 spiro atoms. The summed E-state index contributed by atoms with van der Waals surface area (Å²) in [6.07, 6.45) is -0.943. The van der Waals surface area contributed by atoms with Gasteiger partial charge in [-0.25, -0.2) is 9.78 Å². The Bertz CT molecular complexity index is 790. The SMILES string of the molecule is C=C/C(=N\CC(C)[C@@H](C)N(C=N)/C=C(/C(=O)O)c1ccnc(F)c1)C(F)(F)F. The van der Waals surface area contributed by atoms with E-state index < -0.39 is 35.8 Å². The predicted octanol–water partition coefficient (Wildman–Crippen LogP) is 3.77. The Labute approximate surface area is 159 Å². The number of hydrogen-bond donors (Lipinski definition) is 2. The summed E-state index contributed by atoms with van der Waals surface area (Å²) < 4.78 is 51.5. The van der Waals surface area contributed by atoms with Crippen molar-refractivity contribution in [2.45, 2.75) is 26.1 Å². The third-order valence-corrected chi connectivity index (χ3v) is 4.02. The van der Waals surface area contributed by atoms with Crippen LogP contribution >= 0.6 is 0 Å². The number of allylic oxidation sites excluding steroid dienone is 1. The largest absolute Gasteiger partial charge is 0.478 e. The molecule has 0 saturated carbocycles. The molecule has 0 aliphatic heterocycles. The first-order valence-corrected chi connectivity index (χ1v) is 8.10. The summed E-state index contributed by atoms with van der Waals surface area (Å²) in [5, 5.41) is 16.9. The highest BCUT2D eigenvalue weighted by Gasteiger charge is 2.33. The van der Waals surface area contributed by atoms with Gasteiger partial charge in [0.1, 0.15) is 5.71 Å². The van der Waals surface area contributed by atoms with Gasteiger partial charge in [0.2, 0.25) is 5.95 Å². The summed E-state index contributed by atoms with van der Waals surface area (Å²) in [6, 6.07) is 1.66. The van der Waals surface area contributed by atoms with Crippen LogP contribution in [0.2, 0.25) is 0 Å². The van der Waals surface area contributed by atoms with Crippen LogP contribution in [0.3, 0.4) is 0 Å². The Balaban J connectivity index is 3.11. The van der Waals surface area contributed by atoms with Gasteiger partial charge in [0.15, 0.2) is 0 Å². The molecule has 0 aliphatic rings. The van der Waals surface area contributed by atoms with Gasteiger partial charge < -0.3 is 10.0 Å². The number of rotatable bonds is 9. The van der Waals surface area contributed by atoms with E-state index in [0.717, 1.165) is 24.8 Å². The Hall–Kier alpha value is -3.04. The van der Waals surface area contributed by atoms with Crippen LogP contribution in [0.1, 0.15) is 19.4 Å². The number of carboxylic acid groups (broad SMARTS) is 1. The highest BCUT2D eigenvalue weighted by Crippen LogP contribution is 2.21. The number of aliphatic imine (C=N–C) groups is 1. The summed E-state index contributed by atoms with van der Waals surface area (Å²) in [4.78, 5) is 19.6. The molecule has 2 atom stereocenters. The predicted molar refractivity (Wildman–Crippen MR) is 97.6 cm³/mol. The van der Waals surface area contributed by atoms with Gasteiger partial charge >= 0.3 is 12.1 Å². The number of nitrogens with one attached hydrogen (secondary N) is 1. The topological polar surface area (TPSA) is 89.6 Å². The van der Waals surface area contributed by atoms with Gasteiger partial charge in [-0.3, -0.25) is 10.4 Å². The molecule has 0 amide bonds. The zero-order valence-corrected chi connectivity index (χ0v) is 15.2. The second-order valence-electron chi connectivity index (χ2n) is 5.94. The van der Waals surface area contributed by atoms with E-state index in [9.17, 15) is 27.5 Å². The van der Waals surface area contributed by atoms with Gasteiger partial charge in [-0.05, 0) is 30.5 Å². The lowest BCUT2D eigenvalue weighted by Crippen LogP contribution is -2.35. The van der Waals surface area contributed by atoms with E-state index in [2.05, 4.69) is 16.6 Å². The molecule has 10 heteroatoms. The lowest BCUT2D eigenvalue weighted by atomic mass is 10.0. The fraction of sp³-hybridized carbons (Fsp3) is 0.333. The third-order valence-electron chi connectivity index (χ3n) is 4.02. The van der Waals surface area contributed by atoms with Crippen LogP contribution in [0.15, 0.2) is 42.2 Å². The number of halogens is 4. The molecule has 1 heterocycles. The minimum atomic E-state index is -4.62. The number of pyridine rings is 1. The van der Waals surface area contributed by atoms with E-state index >= 15 is 0 Å². The molecule has 0 aromatic carbocycles. The van der Waals surface area contributed by atoms with E-state index in [-0.39, 0.29) is 17.7 Å². The maximum Gasteiger partial charge on any atom is 0.432 e. The number of carboxylic acids is 1. The highest BCUT2D eigenvalue weighted by atomic mass is 19.4. The molecular formula is C18H20F4N4O2. The Morgan fingerprint density at radius 1 is 1.46 bits per heavy atom. The molecule has 0 bridgehead atoms. The van der Waals surface area contributed by atoms with E-state index in [1.54, 1.807) is 13.8 Å². The van der Waals surface area contributed by atoms with Crippen LogP contribution in [-0.4, -0.2) is 51.8 Å². The van der Waals surface area contributed by atoms with Gasteiger partial charge in [-0.1, -0.05) is 13.5 Å². The summed E-state index contributed by atoms with van der Waals surface area (Å²) >= 11 is 0. The van der Waals surface area contributed by atoms with E-state index in [1.165, 1.54) is 11.0 Å². The van der Waals surface area contributed by atoms with Crippen LogP contribution in [-0.2, 0) is 4.79 Å². The van der Waals surface area contributed by atoms with Crippen molar-refractivity contribution in [3.8, 4) is 0 Å². The smallest absolute Gasteiger partial charge is 0.432 e. The van der Waals surface area contributed by atoms with Gasteiger partial charge in [0.05, 0.1) is 11.9 Å². The molecule has 1 rings (SSSR count). The quantitative estimate of drug-likeness (QED) is 0.217. The van der Waals surface area contributed by atoms with Crippen molar-refractivity contribution in [3.63, 3.8) is 0 Å².